The second kappa shape index (κ2) is 22.5. The molecule has 79 heavy (non-hydrogen) atoms. The Morgan fingerprint density at radius 3 is 1.95 bits per heavy atom. The number of likely N-dealkylation sites (tertiary alicyclic amines) is 2. The van der Waals surface area contributed by atoms with Gasteiger partial charge in [-0.1, -0.05) is 31.4 Å². The molecule has 4 fully saturated rings. The van der Waals surface area contributed by atoms with Crippen LogP contribution in [0.1, 0.15) is 107 Å². The maximum absolute atomic E-state index is 13.0. The number of nitriles is 1. The van der Waals surface area contributed by atoms with Gasteiger partial charge in [0.1, 0.15) is 24.8 Å². The van der Waals surface area contributed by atoms with Gasteiger partial charge in [0, 0.05) is 80.4 Å². The quantitative estimate of drug-likeness (QED) is 0.136. The largest absolute Gasteiger partial charge is 0.462 e. The van der Waals surface area contributed by atoms with Crippen LogP contribution in [-0.2, 0) is 61.0 Å². The van der Waals surface area contributed by atoms with Gasteiger partial charge < -0.3 is 39.3 Å². The van der Waals surface area contributed by atoms with Crippen LogP contribution in [0.15, 0.2) is 55.0 Å². The van der Waals surface area contributed by atoms with Crippen molar-refractivity contribution in [1.82, 2.24) is 44.9 Å². The highest BCUT2D eigenvalue weighted by Crippen LogP contribution is 2.50. The molecular weight excluding hydrogens is 1010 g/mol. The van der Waals surface area contributed by atoms with Crippen molar-refractivity contribution in [3.63, 3.8) is 0 Å². The van der Waals surface area contributed by atoms with Crippen molar-refractivity contribution in [3.8, 4) is 18.1 Å². The predicted octanol–water partition coefficient (Wildman–Crippen LogP) is 6.54. The summed E-state index contributed by atoms with van der Waals surface area (Å²) in [4.78, 5) is 61.7. The SMILES string of the molecule is C=CC(=O)N1CCN(c2nc(OCC3CC(c4cccc5c4CC[C@]4(CCc6c(nc(OCC7CCCN7C)nc6N6CCN(C(=O)C=C)[C@@H](CC#N)C6)C4)C5)CN3C)nc3c2CC[C@@]2(CCc4sccc4C2)C3)C[C@H]1CNC. The summed E-state index contributed by atoms with van der Waals surface area (Å²) in [6, 6.07) is 12.9. The average Bonchev–Trinajstić information content (AvgIpc) is 4.26. The van der Waals surface area contributed by atoms with Crippen molar-refractivity contribution < 1.29 is 19.1 Å². The first kappa shape index (κ1) is 53.7. The lowest BCUT2D eigenvalue weighted by atomic mass is 9.62. The van der Waals surface area contributed by atoms with Gasteiger partial charge >= 0.3 is 12.0 Å². The second-order valence-corrected chi connectivity index (χ2v) is 25.6. The first-order valence-corrected chi connectivity index (χ1v) is 30.3. The molecule has 0 saturated carbocycles. The van der Waals surface area contributed by atoms with Crippen LogP contribution in [-0.4, -0.2) is 169 Å². The number of nitrogens with one attached hydrogen (secondary N) is 1. The van der Waals surface area contributed by atoms with Crippen LogP contribution < -0.4 is 24.6 Å². The molecule has 8 aliphatic rings. The number of hydrogen-bond acceptors (Lipinski definition) is 15. The van der Waals surface area contributed by atoms with Gasteiger partial charge in [0.2, 0.25) is 11.8 Å². The molecule has 12 rings (SSSR count). The molecule has 7 atom stereocenters. The highest BCUT2D eigenvalue weighted by atomic mass is 32.1. The molecule has 4 saturated heterocycles. The van der Waals surface area contributed by atoms with Crippen molar-refractivity contribution >= 4 is 34.8 Å². The minimum absolute atomic E-state index is 0.00674. The summed E-state index contributed by atoms with van der Waals surface area (Å²) < 4.78 is 13.4. The van der Waals surface area contributed by atoms with E-state index in [1.165, 1.54) is 52.0 Å². The number of anilines is 2. The van der Waals surface area contributed by atoms with Crippen molar-refractivity contribution in [2.24, 2.45) is 10.8 Å². The summed E-state index contributed by atoms with van der Waals surface area (Å²) in [5.41, 5.74) is 11.0. The molecule has 1 aromatic carbocycles. The van der Waals surface area contributed by atoms with Gasteiger partial charge in [-0.25, -0.2) is 0 Å². The lowest BCUT2D eigenvalue weighted by Gasteiger charge is -2.44. The number of benzene rings is 1. The van der Waals surface area contributed by atoms with Gasteiger partial charge in [-0.2, -0.15) is 25.2 Å². The first-order chi connectivity index (χ1) is 38.4. The highest BCUT2D eigenvalue weighted by Gasteiger charge is 2.45. The maximum atomic E-state index is 13.0. The fourth-order valence-electron chi connectivity index (χ4n) is 15.5. The Morgan fingerprint density at radius 2 is 1.33 bits per heavy atom. The van der Waals surface area contributed by atoms with E-state index in [9.17, 15) is 14.9 Å². The van der Waals surface area contributed by atoms with Gasteiger partial charge in [0.15, 0.2) is 0 Å². The zero-order valence-electron chi connectivity index (χ0n) is 46.9. The molecule has 2 spiro atoms. The molecule has 0 bridgehead atoms. The standard InChI is InChI=1S/C62H80N12O4S/c1-6-55(75)73-27-25-71(37-44(73)17-23-63)57-50-14-20-61(33-52(50)65-59(67-57)77-39-45-11-9-24-69(45)4)19-13-49-41(31-61)10-8-12-48(49)43-30-46(70(5)36-43)40-78-60-66-53-34-62(22-16-54-42(32-62)18-29-79-54)21-15-51(53)58(68-60)72-26-28-74(56(76)7-2)47(38-72)35-64-3/h6-8,10,12,18,29,43-47,64H,1-2,9,11,13-17,19-22,24-28,30-40H2,3-5H3/t43?,44-,45?,46?,47+,61-,62-/m0/s1. The zero-order valence-corrected chi connectivity index (χ0v) is 47.7. The second-order valence-electron chi connectivity index (χ2n) is 24.6. The summed E-state index contributed by atoms with van der Waals surface area (Å²) in [5, 5.41) is 15.4. The summed E-state index contributed by atoms with van der Waals surface area (Å²) in [7, 11) is 6.36. The molecule has 16 nitrogen and oxygen atoms in total. The number of aryl methyl sites for hydroxylation is 1. The maximum Gasteiger partial charge on any atom is 0.318 e. The number of fused-ring (bicyclic) bond motifs is 4. The number of piperazine rings is 2. The minimum atomic E-state index is -0.248. The van der Waals surface area contributed by atoms with Crippen LogP contribution >= 0.6 is 11.3 Å². The molecule has 4 aromatic rings. The highest BCUT2D eigenvalue weighted by molar-refractivity contribution is 7.10. The summed E-state index contributed by atoms with van der Waals surface area (Å²) in [6.45, 7) is 15.0. The van der Waals surface area contributed by atoms with Crippen LogP contribution in [0.3, 0.4) is 0 Å². The molecule has 7 heterocycles. The van der Waals surface area contributed by atoms with Crippen molar-refractivity contribution in [3.05, 3.63) is 105 Å². The van der Waals surface area contributed by atoms with E-state index < -0.39 is 0 Å². The Labute approximate surface area is 471 Å². The third kappa shape index (κ3) is 10.7. The fourth-order valence-corrected chi connectivity index (χ4v) is 16.4. The number of likely N-dealkylation sites (N-methyl/N-ethyl adjacent to an activating group) is 3. The van der Waals surface area contributed by atoms with Crippen molar-refractivity contribution in [2.45, 2.75) is 133 Å². The Bertz CT molecular complexity index is 3010. The van der Waals surface area contributed by atoms with Gasteiger partial charge in [-0.05, 0) is 187 Å². The lowest BCUT2D eigenvalue weighted by Crippen LogP contribution is -2.58. The van der Waals surface area contributed by atoms with Gasteiger partial charge in [-0.15, -0.1) is 11.3 Å². The van der Waals surface area contributed by atoms with Gasteiger partial charge in [-0.3, -0.25) is 14.5 Å². The average molecular weight is 1090 g/mol. The number of rotatable bonds is 14. The van der Waals surface area contributed by atoms with E-state index in [-0.39, 0.29) is 47.2 Å². The number of carbonyl (C=O) groups excluding carboxylic acids is 2. The topological polar surface area (TPSA) is 159 Å². The zero-order chi connectivity index (χ0) is 54.4. The summed E-state index contributed by atoms with van der Waals surface area (Å²) in [6.07, 6.45) is 18.7. The molecule has 4 aliphatic carbocycles. The third-order valence-corrected chi connectivity index (χ3v) is 20.9. The van der Waals surface area contributed by atoms with Gasteiger partial charge in [0.25, 0.3) is 0 Å². The molecule has 3 aromatic heterocycles. The van der Waals surface area contributed by atoms with Crippen LogP contribution in [0.25, 0.3) is 0 Å². The lowest BCUT2D eigenvalue weighted by molar-refractivity contribution is -0.129. The van der Waals surface area contributed by atoms with E-state index in [0.717, 1.165) is 126 Å². The van der Waals surface area contributed by atoms with Gasteiger partial charge in [0.05, 0.1) is 36.0 Å². The van der Waals surface area contributed by atoms with E-state index >= 15 is 0 Å². The van der Waals surface area contributed by atoms with Crippen LogP contribution in [0.4, 0.5) is 11.6 Å². The number of aromatic nitrogens is 4. The Kier molecular flexibility index (Phi) is 15.3. The molecule has 17 heteroatoms. The van der Waals surface area contributed by atoms with Crippen molar-refractivity contribution in [2.75, 3.05) is 103 Å². The van der Waals surface area contributed by atoms with Crippen molar-refractivity contribution in [1.29, 1.82) is 5.26 Å². The van der Waals surface area contributed by atoms with E-state index in [2.05, 4.69) is 87.9 Å². The number of hydrogen-bond donors (Lipinski definition) is 1. The number of carbonyl (C=O) groups is 2. The Balaban J connectivity index is 0.759. The third-order valence-electron chi connectivity index (χ3n) is 19.9. The number of amides is 2. The monoisotopic (exact) mass is 1090 g/mol. The van der Waals surface area contributed by atoms with E-state index in [1.54, 1.807) is 9.78 Å². The molecular formula is C62H80N12O4S. The fraction of sp³-hybridized carbons (Fsp3) is 0.597. The Morgan fingerprint density at radius 1 is 0.722 bits per heavy atom. The minimum Gasteiger partial charge on any atom is -0.462 e. The normalized spacial score (nSPS) is 27.7. The number of thiophene rings is 1. The van der Waals surface area contributed by atoms with Crippen LogP contribution in [0, 0.1) is 22.2 Å². The van der Waals surface area contributed by atoms with E-state index in [0.29, 0.717) is 83.0 Å². The van der Waals surface area contributed by atoms with Crippen LogP contribution in [0.5, 0.6) is 12.0 Å². The molecule has 1 N–H and O–H groups in total. The molecule has 2 amide bonds. The van der Waals surface area contributed by atoms with Crippen LogP contribution in [0.2, 0.25) is 0 Å². The summed E-state index contributed by atoms with van der Waals surface area (Å²) in [5.74, 6) is 2.12. The Hall–Kier alpha value is -5.93. The predicted molar refractivity (Wildman–Crippen MR) is 308 cm³/mol. The molecule has 4 aliphatic heterocycles. The molecule has 0 radical (unpaired) electrons. The summed E-state index contributed by atoms with van der Waals surface area (Å²) >= 11 is 1.91. The molecule has 3 unspecified atom stereocenters. The first-order valence-electron chi connectivity index (χ1n) is 29.4. The smallest absolute Gasteiger partial charge is 0.318 e. The van der Waals surface area contributed by atoms with E-state index in [4.69, 9.17) is 29.4 Å². The molecule has 418 valence electrons. The number of ether oxygens (including phenoxy) is 2. The number of nitrogens with zero attached hydrogens (tertiary/aromatic N) is 11. The van der Waals surface area contributed by atoms with E-state index in [1.807, 2.05) is 23.3 Å².